The zero-order valence-corrected chi connectivity index (χ0v) is 13.3. The molecule has 1 aromatic rings. The molecule has 3 heteroatoms. The molecule has 0 aromatic carbocycles. The van der Waals surface area contributed by atoms with Crippen LogP contribution in [0, 0.1) is 12.3 Å². The lowest BCUT2D eigenvalue weighted by atomic mass is 9.74. The molecule has 2 rings (SSSR count). The van der Waals surface area contributed by atoms with Gasteiger partial charge in [-0.25, -0.2) is 4.98 Å². The SMILES string of the molecule is CCC1(CC)CCN(c2ncc(CCN)cc2C)CC1. The molecule has 3 nitrogen and oxygen atoms in total. The maximum Gasteiger partial charge on any atom is 0.131 e. The third kappa shape index (κ3) is 3.14. The van der Waals surface area contributed by atoms with Crippen molar-refractivity contribution in [2.75, 3.05) is 24.5 Å². The van der Waals surface area contributed by atoms with Crippen LogP contribution in [0.25, 0.3) is 0 Å². The average Bonchev–Trinajstić information content (AvgIpc) is 2.48. The highest BCUT2D eigenvalue weighted by atomic mass is 15.2. The third-order valence-corrected chi connectivity index (χ3v) is 5.16. The van der Waals surface area contributed by atoms with E-state index < -0.39 is 0 Å². The Morgan fingerprint density at radius 2 is 1.90 bits per heavy atom. The maximum absolute atomic E-state index is 5.61. The normalized spacial score (nSPS) is 18.3. The van der Waals surface area contributed by atoms with E-state index >= 15 is 0 Å². The van der Waals surface area contributed by atoms with Crippen molar-refractivity contribution in [3.05, 3.63) is 23.4 Å². The monoisotopic (exact) mass is 275 g/mol. The van der Waals surface area contributed by atoms with Crippen LogP contribution in [0.5, 0.6) is 0 Å². The first-order valence-corrected chi connectivity index (χ1v) is 8.04. The standard InChI is InChI=1S/C17H29N3/c1-4-17(5-2)7-10-20(11-8-17)16-14(3)12-15(6-9-18)13-19-16/h12-13H,4-11,18H2,1-3H3. The van der Waals surface area contributed by atoms with Gasteiger partial charge in [-0.2, -0.15) is 0 Å². The number of pyridine rings is 1. The van der Waals surface area contributed by atoms with Crippen LogP contribution in [0.15, 0.2) is 12.3 Å². The van der Waals surface area contributed by atoms with Crippen molar-refractivity contribution >= 4 is 5.82 Å². The second-order valence-electron chi connectivity index (χ2n) is 6.22. The van der Waals surface area contributed by atoms with Crippen LogP contribution in [0.1, 0.15) is 50.7 Å². The van der Waals surface area contributed by atoms with Crippen molar-refractivity contribution in [2.24, 2.45) is 11.1 Å². The molecule has 1 aliphatic heterocycles. The molecule has 0 spiro atoms. The summed E-state index contributed by atoms with van der Waals surface area (Å²) < 4.78 is 0. The van der Waals surface area contributed by atoms with Gasteiger partial charge in [0.15, 0.2) is 0 Å². The minimum atomic E-state index is 0.573. The molecule has 112 valence electrons. The number of anilines is 1. The van der Waals surface area contributed by atoms with Gasteiger partial charge in [-0.1, -0.05) is 32.8 Å². The lowest BCUT2D eigenvalue weighted by Gasteiger charge is -2.41. The van der Waals surface area contributed by atoms with Crippen LogP contribution >= 0.6 is 0 Å². The van der Waals surface area contributed by atoms with Gasteiger partial charge in [0.2, 0.25) is 0 Å². The number of hydrogen-bond acceptors (Lipinski definition) is 3. The Bertz CT molecular complexity index is 428. The van der Waals surface area contributed by atoms with E-state index in [0.717, 1.165) is 19.5 Å². The van der Waals surface area contributed by atoms with Gasteiger partial charge in [0, 0.05) is 19.3 Å². The fourth-order valence-electron chi connectivity index (χ4n) is 3.41. The van der Waals surface area contributed by atoms with Gasteiger partial charge < -0.3 is 10.6 Å². The molecule has 1 aromatic heterocycles. The van der Waals surface area contributed by atoms with E-state index in [1.165, 1.54) is 42.6 Å². The summed E-state index contributed by atoms with van der Waals surface area (Å²) in [5, 5.41) is 0. The fraction of sp³-hybridized carbons (Fsp3) is 0.706. The smallest absolute Gasteiger partial charge is 0.131 e. The van der Waals surface area contributed by atoms with E-state index in [0.29, 0.717) is 12.0 Å². The third-order valence-electron chi connectivity index (χ3n) is 5.16. The lowest BCUT2D eigenvalue weighted by molar-refractivity contribution is 0.199. The van der Waals surface area contributed by atoms with Crippen molar-refractivity contribution < 1.29 is 0 Å². The number of nitrogens with zero attached hydrogens (tertiary/aromatic N) is 2. The molecule has 0 radical (unpaired) electrons. The summed E-state index contributed by atoms with van der Waals surface area (Å²) in [4.78, 5) is 7.15. The lowest BCUT2D eigenvalue weighted by Crippen LogP contribution is -2.40. The summed E-state index contributed by atoms with van der Waals surface area (Å²) in [6.07, 6.45) is 8.12. The molecule has 2 N–H and O–H groups in total. The first-order valence-electron chi connectivity index (χ1n) is 8.04. The Labute approximate surface area is 123 Å². The Morgan fingerprint density at radius 3 is 2.40 bits per heavy atom. The molecule has 0 unspecified atom stereocenters. The van der Waals surface area contributed by atoms with Crippen molar-refractivity contribution in [3.63, 3.8) is 0 Å². The summed E-state index contributed by atoms with van der Waals surface area (Å²) in [6.45, 7) is 9.83. The number of hydrogen-bond donors (Lipinski definition) is 1. The zero-order chi connectivity index (χ0) is 14.6. The molecular formula is C17H29N3. The van der Waals surface area contributed by atoms with Crippen molar-refractivity contribution in [1.29, 1.82) is 0 Å². The minimum absolute atomic E-state index is 0.573. The van der Waals surface area contributed by atoms with E-state index in [2.05, 4.69) is 31.7 Å². The quantitative estimate of drug-likeness (QED) is 0.896. The molecule has 1 fully saturated rings. The Morgan fingerprint density at radius 1 is 1.25 bits per heavy atom. The van der Waals surface area contributed by atoms with Crippen LogP contribution in [0.4, 0.5) is 5.82 Å². The molecule has 0 atom stereocenters. The van der Waals surface area contributed by atoms with Gasteiger partial charge in [0.25, 0.3) is 0 Å². The number of aryl methyl sites for hydroxylation is 1. The zero-order valence-electron chi connectivity index (χ0n) is 13.3. The average molecular weight is 275 g/mol. The molecule has 2 heterocycles. The van der Waals surface area contributed by atoms with E-state index in [4.69, 9.17) is 10.7 Å². The molecule has 1 saturated heterocycles. The van der Waals surface area contributed by atoms with Crippen LogP contribution in [0.2, 0.25) is 0 Å². The van der Waals surface area contributed by atoms with Gasteiger partial charge in [-0.3, -0.25) is 0 Å². The van der Waals surface area contributed by atoms with Crippen molar-refractivity contribution in [3.8, 4) is 0 Å². The molecule has 20 heavy (non-hydrogen) atoms. The molecule has 0 aliphatic carbocycles. The number of aromatic nitrogens is 1. The predicted octanol–water partition coefficient (Wildman–Crippen LogP) is 3.30. The van der Waals surface area contributed by atoms with Gasteiger partial charge in [-0.15, -0.1) is 0 Å². The molecule has 1 aliphatic rings. The van der Waals surface area contributed by atoms with Crippen LogP contribution in [0.3, 0.4) is 0 Å². The topological polar surface area (TPSA) is 42.2 Å². The summed E-state index contributed by atoms with van der Waals surface area (Å²) in [7, 11) is 0. The fourth-order valence-corrected chi connectivity index (χ4v) is 3.41. The summed E-state index contributed by atoms with van der Waals surface area (Å²) in [6, 6.07) is 2.25. The first-order chi connectivity index (χ1) is 9.64. The summed E-state index contributed by atoms with van der Waals surface area (Å²) in [5.41, 5.74) is 8.73. The van der Waals surface area contributed by atoms with E-state index in [-0.39, 0.29) is 0 Å². The highest BCUT2D eigenvalue weighted by molar-refractivity contribution is 5.47. The van der Waals surface area contributed by atoms with Gasteiger partial charge >= 0.3 is 0 Å². The Hall–Kier alpha value is -1.09. The van der Waals surface area contributed by atoms with Crippen molar-refractivity contribution in [2.45, 2.75) is 52.9 Å². The van der Waals surface area contributed by atoms with Crippen LogP contribution in [-0.2, 0) is 6.42 Å². The molecular weight excluding hydrogens is 246 g/mol. The highest BCUT2D eigenvalue weighted by Gasteiger charge is 2.31. The Kier molecular flexibility index (Phi) is 5.03. The molecule has 0 saturated carbocycles. The van der Waals surface area contributed by atoms with E-state index in [1.54, 1.807) is 0 Å². The number of nitrogens with two attached hydrogens (primary N) is 1. The number of piperidine rings is 1. The number of rotatable bonds is 5. The van der Waals surface area contributed by atoms with Crippen molar-refractivity contribution in [1.82, 2.24) is 4.98 Å². The second kappa shape index (κ2) is 6.57. The molecule has 0 bridgehead atoms. The maximum atomic E-state index is 5.61. The largest absolute Gasteiger partial charge is 0.356 e. The van der Waals surface area contributed by atoms with Crippen LogP contribution < -0.4 is 10.6 Å². The predicted molar refractivity (Wildman–Crippen MR) is 86.2 cm³/mol. The minimum Gasteiger partial charge on any atom is -0.356 e. The highest BCUT2D eigenvalue weighted by Crippen LogP contribution is 2.39. The first kappa shape index (κ1) is 15.3. The van der Waals surface area contributed by atoms with Gasteiger partial charge in [0.1, 0.15) is 5.82 Å². The van der Waals surface area contributed by atoms with Gasteiger partial charge in [0.05, 0.1) is 0 Å². The second-order valence-corrected chi connectivity index (χ2v) is 6.22. The summed E-state index contributed by atoms with van der Waals surface area (Å²) in [5.74, 6) is 1.17. The van der Waals surface area contributed by atoms with E-state index in [9.17, 15) is 0 Å². The van der Waals surface area contributed by atoms with Crippen LogP contribution in [-0.4, -0.2) is 24.6 Å². The Balaban J connectivity index is 2.07. The molecule has 0 amide bonds. The summed E-state index contributed by atoms with van der Waals surface area (Å²) >= 11 is 0. The van der Waals surface area contributed by atoms with E-state index in [1.807, 2.05) is 6.20 Å². The van der Waals surface area contributed by atoms with Gasteiger partial charge in [-0.05, 0) is 49.3 Å².